The van der Waals surface area contributed by atoms with Crippen LogP contribution in [0.25, 0.3) is 0 Å². The Balaban J connectivity index is 1.56. The highest BCUT2D eigenvalue weighted by Gasteiger charge is 2.33. The molecule has 0 unspecified atom stereocenters. The molecule has 1 aliphatic carbocycles. The lowest BCUT2D eigenvalue weighted by Gasteiger charge is -2.21. The first kappa shape index (κ1) is 21.1. The van der Waals surface area contributed by atoms with Crippen LogP contribution >= 0.6 is 0 Å². The van der Waals surface area contributed by atoms with Gasteiger partial charge in [-0.25, -0.2) is 13.2 Å². The molecule has 2 aliphatic rings. The zero-order chi connectivity index (χ0) is 21.3. The van der Waals surface area contributed by atoms with E-state index in [1.165, 1.54) is 22.3 Å². The van der Waals surface area contributed by atoms with Gasteiger partial charge >= 0.3 is 5.97 Å². The number of nitrogens with zero attached hydrogens (tertiary/aromatic N) is 2. The third kappa shape index (κ3) is 5.06. The maximum atomic E-state index is 12.3. The van der Waals surface area contributed by atoms with Crippen LogP contribution in [0.1, 0.15) is 35.7 Å². The molecule has 3 rings (SSSR count). The molecule has 1 fully saturated rings. The Morgan fingerprint density at radius 3 is 2.59 bits per heavy atom. The molecule has 1 heterocycles. The van der Waals surface area contributed by atoms with E-state index in [2.05, 4.69) is 5.32 Å². The van der Waals surface area contributed by atoms with E-state index in [1.807, 2.05) is 0 Å². The Hall–Kier alpha value is -2.62. The molecule has 0 aromatic heterocycles. The van der Waals surface area contributed by atoms with Crippen LogP contribution in [0.4, 0.5) is 5.69 Å². The van der Waals surface area contributed by atoms with Crippen LogP contribution in [0.15, 0.2) is 18.2 Å². The summed E-state index contributed by atoms with van der Waals surface area (Å²) in [4.78, 5) is 37.3. The summed E-state index contributed by atoms with van der Waals surface area (Å²) in [5.41, 5.74) is 1.53. The van der Waals surface area contributed by atoms with E-state index in [1.54, 1.807) is 19.1 Å². The van der Waals surface area contributed by atoms with Gasteiger partial charge in [-0.15, -0.1) is 0 Å². The van der Waals surface area contributed by atoms with Gasteiger partial charge in [-0.2, -0.15) is 0 Å². The molecule has 10 heteroatoms. The summed E-state index contributed by atoms with van der Waals surface area (Å²) in [6, 6.07) is 4.63. The van der Waals surface area contributed by atoms with Gasteiger partial charge < -0.3 is 15.0 Å². The molecular formula is C19H25N3O6S. The zero-order valence-corrected chi connectivity index (χ0v) is 17.5. The highest BCUT2D eigenvalue weighted by molar-refractivity contribution is 7.92. The fraction of sp³-hybridized carbons (Fsp3) is 0.526. The predicted octanol–water partition coefficient (Wildman–Crippen LogP) is 0.291. The Kier molecular flexibility index (Phi) is 5.83. The van der Waals surface area contributed by atoms with Gasteiger partial charge in [0.25, 0.3) is 5.91 Å². The third-order valence-corrected chi connectivity index (χ3v) is 6.17. The molecule has 1 aromatic rings. The molecule has 0 saturated heterocycles. The van der Waals surface area contributed by atoms with Gasteiger partial charge in [0, 0.05) is 19.1 Å². The average molecular weight is 423 g/mol. The van der Waals surface area contributed by atoms with Crippen molar-refractivity contribution in [2.45, 2.75) is 38.3 Å². The molecule has 1 N–H and O–H groups in total. The number of likely N-dealkylation sites (N-methyl/N-ethyl adjacent to an activating group) is 1. The fourth-order valence-corrected chi connectivity index (χ4v) is 4.62. The number of anilines is 1. The van der Waals surface area contributed by atoms with Crippen LogP contribution < -0.4 is 9.62 Å². The van der Waals surface area contributed by atoms with Crippen LogP contribution in [0, 0.1) is 0 Å². The lowest BCUT2D eigenvalue weighted by molar-refractivity contribution is -0.137. The minimum atomic E-state index is -3.41. The van der Waals surface area contributed by atoms with E-state index in [-0.39, 0.29) is 30.1 Å². The number of benzene rings is 1. The lowest BCUT2D eigenvalue weighted by Crippen LogP contribution is -2.40. The molecule has 1 aromatic carbocycles. The zero-order valence-electron chi connectivity index (χ0n) is 16.7. The van der Waals surface area contributed by atoms with Crippen molar-refractivity contribution in [2.75, 3.05) is 30.8 Å². The first-order chi connectivity index (χ1) is 13.6. The smallest absolute Gasteiger partial charge is 0.338 e. The molecule has 1 saturated carbocycles. The van der Waals surface area contributed by atoms with Crippen LogP contribution in [0.5, 0.6) is 0 Å². The van der Waals surface area contributed by atoms with E-state index in [0.717, 1.165) is 24.7 Å². The van der Waals surface area contributed by atoms with E-state index in [0.29, 0.717) is 12.1 Å². The number of amides is 2. The van der Waals surface area contributed by atoms with Gasteiger partial charge in [-0.05, 0) is 49.9 Å². The second-order valence-electron chi connectivity index (χ2n) is 7.62. The highest BCUT2D eigenvalue weighted by atomic mass is 32.2. The summed E-state index contributed by atoms with van der Waals surface area (Å²) in [5.74, 6) is -1.40. The molecule has 1 aliphatic heterocycles. The maximum absolute atomic E-state index is 12.3. The first-order valence-electron chi connectivity index (χ1n) is 9.39. The molecular weight excluding hydrogens is 398 g/mol. The van der Waals surface area contributed by atoms with Gasteiger partial charge in [-0.1, -0.05) is 0 Å². The molecule has 0 bridgehead atoms. The number of fused-ring (bicyclic) bond motifs is 1. The van der Waals surface area contributed by atoms with Crippen LogP contribution in [-0.4, -0.2) is 69.6 Å². The van der Waals surface area contributed by atoms with E-state index in [4.69, 9.17) is 4.74 Å². The Labute approximate surface area is 170 Å². The normalized spacial score (nSPS) is 18.2. The summed E-state index contributed by atoms with van der Waals surface area (Å²) < 4.78 is 30.3. The maximum Gasteiger partial charge on any atom is 0.338 e. The molecule has 2 amide bonds. The monoisotopic (exact) mass is 423 g/mol. The summed E-state index contributed by atoms with van der Waals surface area (Å²) in [6.07, 6.45) is 3.56. The molecule has 29 heavy (non-hydrogen) atoms. The molecule has 0 radical (unpaired) electrons. The van der Waals surface area contributed by atoms with Crippen LogP contribution in [0.3, 0.4) is 0 Å². The van der Waals surface area contributed by atoms with E-state index in [9.17, 15) is 22.8 Å². The number of hydrogen-bond acceptors (Lipinski definition) is 6. The van der Waals surface area contributed by atoms with Crippen molar-refractivity contribution in [2.24, 2.45) is 0 Å². The average Bonchev–Trinajstić information content (AvgIpc) is 3.36. The summed E-state index contributed by atoms with van der Waals surface area (Å²) >= 11 is 0. The lowest BCUT2D eigenvalue weighted by atomic mass is 10.1. The first-order valence-corrected chi connectivity index (χ1v) is 11.2. The number of hydrogen-bond donors (Lipinski definition) is 1. The van der Waals surface area contributed by atoms with Crippen molar-refractivity contribution in [1.82, 2.24) is 10.2 Å². The van der Waals surface area contributed by atoms with E-state index < -0.39 is 28.5 Å². The van der Waals surface area contributed by atoms with Crippen molar-refractivity contribution < 1.29 is 27.5 Å². The van der Waals surface area contributed by atoms with Crippen molar-refractivity contribution in [1.29, 1.82) is 0 Å². The standard InChI is InChI=1S/C19H25N3O6S/c1-12-8-14-9-13(4-7-16(14)22(12)29(3,26)27)19(25)28-11-18(24)21(2)10-17(23)20-15-5-6-15/h4,7,9,12,15H,5-6,8,10-11H2,1-3H3,(H,20,23)/t12-/m1/s1. The number of carbonyl (C=O) groups excluding carboxylic acids is 3. The SMILES string of the molecule is C[C@@H]1Cc2cc(C(=O)OCC(=O)N(C)CC(=O)NC3CC3)ccc2N1S(C)(=O)=O. The van der Waals surface area contributed by atoms with Crippen molar-refractivity contribution in [3.05, 3.63) is 29.3 Å². The Morgan fingerprint density at radius 1 is 1.28 bits per heavy atom. The minimum Gasteiger partial charge on any atom is -0.452 e. The number of carbonyl (C=O) groups is 3. The third-order valence-electron chi connectivity index (χ3n) is 4.90. The largest absolute Gasteiger partial charge is 0.452 e. The fourth-order valence-electron chi connectivity index (χ4n) is 3.36. The van der Waals surface area contributed by atoms with Gasteiger partial charge in [0.05, 0.1) is 24.1 Å². The van der Waals surface area contributed by atoms with Crippen LogP contribution in [-0.2, 0) is 30.8 Å². The van der Waals surface area contributed by atoms with Gasteiger partial charge in [0.15, 0.2) is 6.61 Å². The number of ether oxygens (including phenoxy) is 1. The summed E-state index contributed by atoms with van der Waals surface area (Å²) in [6.45, 7) is 1.23. The highest BCUT2D eigenvalue weighted by Crippen LogP contribution is 2.34. The van der Waals surface area contributed by atoms with Gasteiger partial charge in [-0.3, -0.25) is 13.9 Å². The second kappa shape index (κ2) is 8.02. The van der Waals surface area contributed by atoms with Crippen molar-refractivity contribution in [3.8, 4) is 0 Å². The molecule has 0 spiro atoms. The summed E-state index contributed by atoms with van der Waals surface area (Å²) in [7, 11) is -1.94. The second-order valence-corrected chi connectivity index (χ2v) is 9.48. The van der Waals surface area contributed by atoms with Crippen molar-refractivity contribution in [3.63, 3.8) is 0 Å². The number of esters is 1. The molecule has 1 atom stereocenters. The van der Waals surface area contributed by atoms with Crippen molar-refractivity contribution >= 4 is 33.5 Å². The predicted molar refractivity (Wildman–Crippen MR) is 106 cm³/mol. The number of rotatable bonds is 7. The minimum absolute atomic E-state index is 0.0923. The molecule has 158 valence electrons. The number of nitrogens with one attached hydrogen (secondary N) is 1. The Bertz CT molecular complexity index is 941. The van der Waals surface area contributed by atoms with Crippen LogP contribution in [0.2, 0.25) is 0 Å². The van der Waals surface area contributed by atoms with Gasteiger partial charge in [0.2, 0.25) is 15.9 Å². The topological polar surface area (TPSA) is 113 Å². The quantitative estimate of drug-likeness (QED) is 0.631. The number of sulfonamides is 1. The van der Waals surface area contributed by atoms with E-state index >= 15 is 0 Å². The summed E-state index contributed by atoms with van der Waals surface area (Å²) in [5, 5.41) is 2.78. The Morgan fingerprint density at radius 2 is 1.97 bits per heavy atom. The molecule has 9 nitrogen and oxygen atoms in total. The van der Waals surface area contributed by atoms with Gasteiger partial charge in [0.1, 0.15) is 0 Å².